The fourth-order valence-corrected chi connectivity index (χ4v) is 3.02. The van der Waals surface area contributed by atoms with Gasteiger partial charge < -0.3 is 9.64 Å². The molecule has 7 nitrogen and oxygen atoms in total. The van der Waals surface area contributed by atoms with Crippen LogP contribution in [0.5, 0.6) is 0 Å². The second kappa shape index (κ2) is 7.31. The molecule has 1 aromatic heterocycles. The normalized spacial score (nSPS) is 19.9. The van der Waals surface area contributed by atoms with Crippen molar-refractivity contribution in [3.8, 4) is 0 Å². The highest BCUT2D eigenvalue weighted by molar-refractivity contribution is 5.68. The van der Waals surface area contributed by atoms with Crippen LogP contribution < -0.4 is 11.3 Å². The van der Waals surface area contributed by atoms with Crippen molar-refractivity contribution < 1.29 is 9.53 Å². The van der Waals surface area contributed by atoms with Crippen molar-refractivity contribution in [3.05, 3.63) is 18.0 Å². The highest BCUT2D eigenvalue weighted by Gasteiger charge is 2.35. The second-order valence-corrected chi connectivity index (χ2v) is 7.10. The van der Waals surface area contributed by atoms with E-state index in [1.807, 2.05) is 31.5 Å². The molecule has 1 aromatic rings. The molecule has 2 atom stereocenters. The number of hydrazine groups is 1. The van der Waals surface area contributed by atoms with Crippen LogP contribution in [0.3, 0.4) is 0 Å². The number of hydrogen-bond acceptors (Lipinski definition) is 5. The first-order chi connectivity index (χ1) is 10.9. The van der Waals surface area contributed by atoms with Crippen LogP contribution in [0.25, 0.3) is 0 Å². The molecular formula is C16H29N5O2. The number of likely N-dealkylation sites (tertiary alicyclic amines) is 1. The highest BCUT2D eigenvalue weighted by atomic mass is 16.6. The lowest BCUT2D eigenvalue weighted by Gasteiger charge is -2.26. The zero-order chi connectivity index (χ0) is 17.0. The van der Waals surface area contributed by atoms with E-state index in [-0.39, 0.29) is 18.1 Å². The van der Waals surface area contributed by atoms with E-state index in [4.69, 9.17) is 10.6 Å². The summed E-state index contributed by atoms with van der Waals surface area (Å²) in [4.78, 5) is 14.0. The third-order valence-electron chi connectivity index (χ3n) is 4.03. The van der Waals surface area contributed by atoms with E-state index in [0.29, 0.717) is 13.1 Å². The summed E-state index contributed by atoms with van der Waals surface area (Å²) in [5.74, 6) is 6.06. The Kier molecular flexibility index (Phi) is 5.64. The van der Waals surface area contributed by atoms with Gasteiger partial charge >= 0.3 is 6.09 Å². The van der Waals surface area contributed by atoms with Gasteiger partial charge in [-0.1, -0.05) is 6.92 Å². The molecule has 0 bridgehead atoms. The summed E-state index contributed by atoms with van der Waals surface area (Å²) in [5, 5.41) is 4.36. The van der Waals surface area contributed by atoms with Gasteiger partial charge in [0.15, 0.2) is 0 Å². The van der Waals surface area contributed by atoms with Gasteiger partial charge in [-0.15, -0.1) is 0 Å². The lowest BCUT2D eigenvalue weighted by molar-refractivity contribution is 0.0285. The molecule has 0 radical (unpaired) electrons. The van der Waals surface area contributed by atoms with Gasteiger partial charge in [-0.05, 0) is 39.7 Å². The maximum Gasteiger partial charge on any atom is 0.410 e. The number of aromatic nitrogens is 2. The quantitative estimate of drug-likeness (QED) is 0.640. The molecule has 1 aliphatic heterocycles. The first-order valence-corrected chi connectivity index (χ1v) is 8.31. The van der Waals surface area contributed by atoms with E-state index >= 15 is 0 Å². The van der Waals surface area contributed by atoms with E-state index in [1.54, 1.807) is 11.1 Å². The number of ether oxygens (including phenoxy) is 1. The molecule has 0 aromatic carbocycles. The molecule has 7 heteroatoms. The molecule has 0 aliphatic carbocycles. The van der Waals surface area contributed by atoms with Crippen LogP contribution in [0.15, 0.2) is 12.3 Å². The second-order valence-electron chi connectivity index (χ2n) is 7.10. The number of amides is 1. The summed E-state index contributed by atoms with van der Waals surface area (Å²) in [7, 11) is 0. The summed E-state index contributed by atoms with van der Waals surface area (Å²) >= 11 is 0. The van der Waals surface area contributed by atoms with E-state index in [1.165, 1.54) is 0 Å². The minimum atomic E-state index is -0.472. The largest absolute Gasteiger partial charge is 0.444 e. The van der Waals surface area contributed by atoms with Crippen LogP contribution in [-0.4, -0.2) is 39.5 Å². The van der Waals surface area contributed by atoms with Crippen LogP contribution in [0.4, 0.5) is 4.79 Å². The molecule has 1 saturated heterocycles. The average molecular weight is 323 g/mol. The van der Waals surface area contributed by atoms with Gasteiger partial charge in [0.1, 0.15) is 5.60 Å². The Bertz CT molecular complexity index is 523. The van der Waals surface area contributed by atoms with E-state index < -0.39 is 5.60 Å². The number of rotatable bonds is 5. The maximum absolute atomic E-state index is 12.2. The smallest absolute Gasteiger partial charge is 0.410 e. The van der Waals surface area contributed by atoms with Crippen molar-refractivity contribution in [3.63, 3.8) is 0 Å². The number of carbonyl (C=O) groups is 1. The summed E-state index contributed by atoms with van der Waals surface area (Å²) in [6.45, 7) is 9.96. The van der Waals surface area contributed by atoms with Crippen molar-refractivity contribution in [2.24, 2.45) is 11.8 Å². The third-order valence-corrected chi connectivity index (χ3v) is 4.03. The first kappa shape index (κ1) is 17.7. The molecule has 1 amide bonds. The summed E-state index contributed by atoms with van der Waals surface area (Å²) < 4.78 is 7.44. The Morgan fingerprint density at radius 3 is 2.91 bits per heavy atom. The molecule has 2 unspecified atom stereocenters. The number of aryl methyl sites for hydroxylation is 1. The predicted molar refractivity (Wildman–Crippen MR) is 88.5 cm³/mol. The van der Waals surface area contributed by atoms with E-state index in [9.17, 15) is 4.79 Å². The van der Waals surface area contributed by atoms with E-state index in [0.717, 1.165) is 25.1 Å². The van der Waals surface area contributed by atoms with Crippen molar-refractivity contribution >= 4 is 6.09 Å². The van der Waals surface area contributed by atoms with Gasteiger partial charge in [0.05, 0.1) is 11.7 Å². The number of hydrogen-bond donors (Lipinski definition) is 2. The van der Waals surface area contributed by atoms with Gasteiger partial charge in [0, 0.05) is 31.7 Å². The zero-order valence-corrected chi connectivity index (χ0v) is 14.6. The predicted octanol–water partition coefficient (Wildman–Crippen LogP) is 2.05. The first-order valence-electron chi connectivity index (χ1n) is 8.31. The average Bonchev–Trinajstić information content (AvgIpc) is 3.09. The topological polar surface area (TPSA) is 85.4 Å². The Labute approximate surface area is 138 Å². The Balaban J connectivity index is 2.04. The standard InChI is InChI=1S/C16H29N5O2/c1-5-9-21-13(6-8-18-21)14(19-17)12-7-10-20(11-12)15(22)23-16(2,3)4/h6,8,12,14,19H,5,7,9-11,17H2,1-4H3. The van der Waals surface area contributed by atoms with E-state index in [2.05, 4.69) is 17.4 Å². The minimum Gasteiger partial charge on any atom is -0.444 e. The number of nitrogens with zero attached hydrogens (tertiary/aromatic N) is 3. The third kappa shape index (κ3) is 4.45. The van der Waals surface area contributed by atoms with Crippen LogP contribution >= 0.6 is 0 Å². The Morgan fingerprint density at radius 2 is 2.30 bits per heavy atom. The fraction of sp³-hybridized carbons (Fsp3) is 0.750. The summed E-state index contributed by atoms with van der Waals surface area (Å²) in [6.07, 6.45) is 3.46. The molecule has 2 heterocycles. The van der Waals surface area contributed by atoms with Crippen molar-refractivity contribution in [2.75, 3.05) is 13.1 Å². The molecular weight excluding hydrogens is 294 g/mol. The van der Waals surface area contributed by atoms with Crippen LogP contribution in [0.2, 0.25) is 0 Å². The molecule has 1 aliphatic rings. The SMILES string of the molecule is CCCn1nccc1C(NN)C1CCN(C(=O)OC(C)(C)C)C1. The van der Waals surface area contributed by atoms with Crippen LogP contribution in [0.1, 0.15) is 52.3 Å². The Hall–Kier alpha value is -1.60. The van der Waals surface area contributed by atoms with Gasteiger partial charge in [0.25, 0.3) is 0 Å². The number of carbonyl (C=O) groups excluding carboxylic acids is 1. The molecule has 130 valence electrons. The molecule has 0 spiro atoms. The molecule has 1 fully saturated rings. The van der Waals surface area contributed by atoms with Crippen molar-refractivity contribution in [1.29, 1.82) is 0 Å². The maximum atomic E-state index is 12.2. The monoisotopic (exact) mass is 323 g/mol. The summed E-state index contributed by atoms with van der Waals surface area (Å²) in [6, 6.07) is 1.98. The van der Waals surface area contributed by atoms with Crippen LogP contribution in [-0.2, 0) is 11.3 Å². The lowest BCUT2D eigenvalue weighted by atomic mass is 9.96. The number of nitrogens with one attached hydrogen (secondary N) is 1. The fourth-order valence-electron chi connectivity index (χ4n) is 3.02. The van der Waals surface area contributed by atoms with Crippen molar-refractivity contribution in [1.82, 2.24) is 20.1 Å². The number of nitrogens with two attached hydrogens (primary N) is 1. The highest BCUT2D eigenvalue weighted by Crippen LogP contribution is 2.30. The molecule has 3 N–H and O–H groups in total. The molecule has 2 rings (SSSR count). The summed E-state index contributed by atoms with van der Waals surface area (Å²) in [5.41, 5.74) is 3.52. The molecule has 0 saturated carbocycles. The van der Waals surface area contributed by atoms with Gasteiger partial charge in [-0.3, -0.25) is 16.0 Å². The minimum absolute atomic E-state index is 0.0171. The Morgan fingerprint density at radius 1 is 1.57 bits per heavy atom. The lowest BCUT2D eigenvalue weighted by Crippen LogP contribution is -2.39. The van der Waals surface area contributed by atoms with Crippen LogP contribution in [0, 0.1) is 5.92 Å². The van der Waals surface area contributed by atoms with Crippen molar-refractivity contribution in [2.45, 2.75) is 58.7 Å². The zero-order valence-electron chi connectivity index (χ0n) is 14.6. The van der Waals surface area contributed by atoms with Gasteiger partial charge in [-0.25, -0.2) is 4.79 Å². The molecule has 23 heavy (non-hydrogen) atoms. The van der Waals surface area contributed by atoms with Gasteiger partial charge in [0.2, 0.25) is 0 Å². The van der Waals surface area contributed by atoms with Gasteiger partial charge in [-0.2, -0.15) is 5.10 Å².